The first-order valence-electron chi connectivity index (χ1n) is 6.14. The zero-order valence-electron chi connectivity index (χ0n) is 10.9. The van der Waals surface area contributed by atoms with Crippen LogP contribution in [-0.4, -0.2) is 50.0 Å². The number of ether oxygens (including phenoxy) is 1. The number of hydrogen-bond acceptors (Lipinski definition) is 3. The number of nitrogens with zero attached hydrogens (tertiary/aromatic N) is 1. The van der Waals surface area contributed by atoms with E-state index < -0.39 is 0 Å². The Morgan fingerprint density at radius 2 is 1.82 bits per heavy atom. The molecule has 0 bridgehead atoms. The highest BCUT2D eigenvalue weighted by atomic mass is 16.5. The van der Waals surface area contributed by atoms with Gasteiger partial charge in [-0.2, -0.15) is 0 Å². The third kappa shape index (κ3) is 5.82. The molecule has 0 spiro atoms. The maximum absolute atomic E-state index is 8.99. The van der Waals surface area contributed by atoms with Gasteiger partial charge in [-0.25, -0.2) is 0 Å². The van der Waals surface area contributed by atoms with Gasteiger partial charge in [0.05, 0.1) is 13.2 Å². The van der Waals surface area contributed by atoms with Crippen molar-refractivity contribution in [2.75, 3.05) is 40.0 Å². The molecule has 1 aromatic rings. The summed E-state index contributed by atoms with van der Waals surface area (Å²) in [6.07, 6.45) is 1.02. The van der Waals surface area contributed by atoms with Crippen LogP contribution in [0, 0.1) is 6.92 Å². The molecular weight excluding hydrogens is 214 g/mol. The number of rotatable bonds is 8. The fraction of sp³-hybridized carbons (Fsp3) is 0.571. The van der Waals surface area contributed by atoms with E-state index in [1.807, 2.05) is 0 Å². The standard InChI is InChI=1S/C14H23NO2/c1-13-3-5-14(6-4-13)7-8-15(9-11-16)10-12-17-2/h3-6,16H,7-12H2,1-2H3. The highest BCUT2D eigenvalue weighted by molar-refractivity contribution is 5.21. The minimum absolute atomic E-state index is 0.206. The second kappa shape index (κ2) is 8.23. The van der Waals surface area contributed by atoms with Crippen molar-refractivity contribution < 1.29 is 9.84 Å². The van der Waals surface area contributed by atoms with E-state index in [-0.39, 0.29) is 6.61 Å². The van der Waals surface area contributed by atoms with Crippen molar-refractivity contribution in [3.05, 3.63) is 35.4 Å². The van der Waals surface area contributed by atoms with E-state index in [1.165, 1.54) is 11.1 Å². The second-order valence-corrected chi connectivity index (χ2v) is 4.29. The third-order valence-electron chi connectivity index (χ3n) is 2.87. The van der Waals surface area contributed by atoms with Crippen molar-refractivity contribution >= 4 is 0 Å². The summed E-state index contributed by atoms with van der Waals surface area (Å²) in [4.78, 5) is 2.23. The third-order valence-corrected chi connectivity index (χ3v) is 2.87. The van der Waals surface area contributed by atoms with Crippen molar-refractivity contribution in [3.8, 4) is 0 Å². The lowest BCUT2D eigenvalue weighted by molar-refractivity contribution is 0.131. The molecule has 1 aromatic carbocycles. The molecule has 0 saturated heterocycles. The first-order chi connectivity index (χ1) is 8.26. The molecule has 0 unspecified atom stereocenters. The van der Waals surface area contributed by atoms with Gasteiger partial charge < -0.3 is 9.84 Å². The number of benzene rings is 1. The largest absolute Gasteiger partial charge is 0.395 e. The lowest BCUT2D eigenvalue weighted by Crippen LogP contribution is -2.32. The van der Waals surface area contributed by atoms with Gasteiger partial charge in [0.25, 0.3) is 0 Å². The zero-order chi connectivity index (χ0) is 12.5. The first-order valence-corrected chi connectivity index (χ1v) is 6.14. The number of aliphatic hydroxyl groups is 1. The number of aliphatic hydroxyl groups excluding tert-OH is 1. The molecule has 1 rings (SSSR count). The molecule has 0 fully saturated rings. The van der Waals surface area contributed by atoms with Crippen LogP contribution in [0.25, 0.3) is 0 Å². The molecule has 0 aromatic heterocycles. The van der Waals surface area contributed by atoms with Gasteiger partial charge >= 0.3 is 0 Å². The normalized spacial score (nSPS) is 11.1. The van der Waals surface area contributed by atoms with Crippen LogP contribution >= 0.6 is 0 Å². The van der Waals surface area contributed by atoms with Gasteiger partial charge in [0.15, 0.2) is 0 Å². The monoisotopic (exact) mass is 237 g/mol. The lowest BCUT2D eigenvalue weighted by Gasteiger charge is -2.20. The van der Waals surface area contributed by atoms with E-state index in [9.17, 15) is 0 Å². The number of methoxy groups -OCH3 is 1. The van der Waals surface area contributed by atoms with Crippen molar-refractivity contribution in [2.45, 2.75) is 13.3 Å². The first kappa shape index (κ1) is 14.2. The van der Waals surface area contributed by atoms with E-state index in [4.69, 9.17) is 9.84 Å². The maximum atomic E-state index is 8.99. The van der Waals surface area contributed by atoms with E-state index >= 15 is 0 Å². The van der Waals surface area contributed by atoms with Crippen LogP contribution in [0.1, 0.15) is 11.1 Å². The predicted octanol–water partition coefficient (Wildman–Crippen LogP) is 1.48. The highest BCUT2D eigenvalue weighted by Crippen LogP contribution is 2.04. The molecule has 0 radical (unpaired) electrons. The highest BCUT2D eigenvalue weighted by Gasteiger charge is 2.04. The topological polar surface area (TPSA) is 32.7 Å². The molecule has 0 heterocycles. The average molecular weight is 237 g/mol. The van der Waals surface area contributed by atoms with E-state index in [1.54, 1.807) is 7.11 Å². The summed E-state index contributed by atoms with van der Waals surface area (Å²) in [6.45, 7) is 5.58. The molecule has 0 amide bonds. The van der Waals surface area contributed by atoms with E-state index in [0.29, 0.717) is 6.61 Å². The SMILES string of the molecule is COCCN(CCO)CCc1ccc(C)cc1. The molecule has 0 aliphatic rings. The summed E-state index contributed by atoms with van der Waals surface area (Å²) in [6, 6.07) is 8.62. The number of hydrogen-bond donors (Lipinski definition) is 1. The molecule has 17 heavy (non-hydrogen) atoms. The Balaban J connectivity index is 2.37. The summed E-state index contributed by atoms with van der Waals surface area (Å²) in [5.74, 6) is 0. The van der Waals surface area contributed by atoms with E-state index in [0.717, 1.165) is 26.1 Å². The average Bonchev–Trinajstić information content (AvgIpc) is 2.35. The van der Waals surface area contributed by atoms with Crippen LogP contribution in [0.15, 0.2) is 24.3 Å². The summed E-state index contributed by atoms with van der Waals surface area (Å²) in [5.41, 5.74) is 2.64. The van der Waals surface area contributed by atoms with Gasteiger partial charge in [0, 0.05) is 26.7 Å². The Labute approximate surface area is 104 Å². The Kier molecular flexibility index (Phi) is 6.86. The molecule has 0 saturated carbocycles. The zero-order valence-corrected chi connectivity index (χ0v) is 10.9. The van der Waals surface area contributed by atoms with Crippen molar-refractivity contribution in [1.29, 1.82) is 0 Å². The molecule has 0 aliphatic carbocycles. The van der Waals surface area contributed by atoms with Gasteiger partial charge in [-0.1, -0.05) is 29.8 Å². The van der Waals surface area contributed by atoms with Gasteiger partial charge in [0.1, 0.15) is 0 Å². The van der Waals surface area contributed by atoms with Crippen LogP contribution < -0.4 is 0 Å². The Morgan fingerprint density at radius 1 is 1.12 bits per heavy atom. The fourth-order valence-electron chi connectivity index (χ4n) is 1.74. The van der Waals surface area contributed by atoms with Gasteiger partial charge in [-0.15, -0.1) is 0 Å². The summed E-state index contributed by atoms with van der Waals surface area (Å²) in [7, 11) is 1.71. The van der Waals surface area contributed by atoms with Crippen LogP contribution in [0.4, 0.5) is 0 Å². The van der Waals surface area contributed by atoms with Gasteiger partial charge in [-0.3, -0.25) is 4.90 Å². The van der Waals surface area contributed by atoms with Crippen LogP contribution in [0.3, 0.4) is 0 Å². The summed E-state index contributed by atoms with van der Waals surface area (Å²) < 4.78 is 5.06. The van der Waals surface area contributed by atoms with Crippen molar-refractivity contribution in [3.63, 3.8) is 0 Å². The minimum atomic E-state index is 0.206. The Bertz CT molecular complexity index is 298. The van der Waals surface area contributed by atoms with E-state index in [2.05, 4.69) is 36.1 Å². The van der Waals surface area contributed by atoms with Crippen LogP contribution in [-0.2, 0) is 11.2 Å². The van der Waals surface area contributed by atoms with Crippen molar-refractivity contribution in [2.24, 2.45) is 0 Å². The molecule has 3 heteroatoms. The van der Waals surface area contributed by atoms with Crippen LogP contribution in [0.5, 0.6) is 0 Å². The summed E-state index contributed by atoms with van der Waals surface area (Å²) in [5, 5.41) is 8.99. The minimum Gasteiger partial charge on any atom is -0.395 e. The molecule has 1 N–H and O–H groups in total. The molecule has 3 nitrogen and oxygen atoms in total. The van der Waals surface area contributed by atoms with Gasteiger partial charge in [0.2, 0.25) is 0 Å². The predicted molar refractivity (Wildman–Crippen MR) is 70.3 cm³/mol. The fourth-order valence-corrected chi connectivity index (χ4v) is 1.74. The molecule has 96 valence electrons. The molecular formula is C14H23NO2. The van der Waals surface area contributed by atoms with Gasteiger partial charge in [-0.05, 0) is 18.9 Å². The summed E-state index contributed by atoms with van der Waals surface area (Å²) >= 11 is 0. The second-order valence-electron chi connectivity index (χ2n) is 4.29. The van der Waals surface area contributed by atoms with Crippen LogP contribution in [0.2, 0.25) is 0 Å². The Hall–Kier alpha value is -0.900. The molecule has 0 atom stereocenters. The molecule has 0 aliphatic heterocycles. The Morgan fingerprint density at radius 3 is 2.41 bits per heavy atom. The smallest absolute Gasteiger partial charge is 0.0589 e. The quantitative estimate of drug-likeness (QED) is 0.743. The lowest BCUT2D eigenvalue weighted by atomic mass is 10.1. The maximum Gasteiger partial charge on any atom is 0.0589 e. The number of aryl methyl sites for hydroxylation is 1. The van der Waals surface area contributed by atoms with Crippen molar-refractivity contribution in [1.82, 2.24) is 4.90 Å².